The van der Waals surface area contributed by atoms with Gasteiger partial charge in [0.2, 0.25) is 10.0 Å². The van der Waals surface area contributed by atoms with Crippen molar-refractivity contribution in [2.24, 2.45) is 0 Å². The van der Waals surface area contributed by atoms with Crippen molar-refractivity contribution in [2.75, 3.05) is 5.73 Å². The highest BCUT2D eigenvalue weighted by Crippen LogP contribution is 2.16. The average Bonchev–Trinajstić information content (AvgIpc) is 2.38. The Balaban J connectivity index is 2.30. The molecule has 0 bridgehead atoms. The average molecular weight is 310 g/mol. The van der Waals surface area contributed by atoms with Crippen molar-refractivity contribution >= 4 is 15.7 Å². The highest BCUT2D eigenvalue weighted by Gasteiger charge is 2.21. The summed E-state index contributed by atoms with van der Waals surface area (Å²) in [7, 11) is -4.06. The Hall–Kier alpha value is -2.39. The molecule has 112 valence electrons. The quantitative estimate of drug-likeness (QED) is 0.574. The molecule has 0 aliphatic carbocycles. The highest BCUT2D eigenvalue weighted by molar-refractivity contribution is 7.89. The van der Waals surface area contributed by atoms with Crippen LogP contribution in [0.2, 0.25) is 0 Å². The zero-order valence-corrected chi connectivity index (χ0v) is 11.9. The normalized spacial score (nSPS) is 13.0. The summed E-state index contributed by atoms with van der Waals surface area (Å²) in [5, 5.41) is 0. The molecule has 2 aromatic rings. The van der Waals surface area contributed by atoms with Gasteiger partial charge in [0.05, 0.1) is 0 Å². The van der Waals surface area contributed by atoms with Gasteiger partial charge in [-0.2, -0.15) is 0 Å². The number of benzene rings is 1. The van der Waals surface area contributed by atoms with Gasteiger partial charge in [-0.25, -0.2) is 17.9 Å². The van der Waals surface area contributed by atoms with E-state index in [1.165, 1.54) is 0 Å². The van der Waals surface area contributed by atoms with E-state index >= 15 is 0 Å². The van der Waals surface area contributed by atoms with Crippen molar-refractivity contribution in [3.63, 3.8) is 0 Å². The van der Waals surface area contributed by atoms with E-state index in [0.29, 0.717) is 11.3 Å². The van der Waals surface area contributed by atoms with Crippen LogP contribution in [-0.4, -0.2) is 18.4 Å². The number of rotatable bonds is 4. The van der Waals surface area contributed by atoms with E-state index in [1.807, 2.05) is 4.98 Å². The van der Waals surface area contributed by atoms with Gasteiger partial charge in [-0.1, -0.05) is 12.1 Å². The largest absolute Gasteiger partial charge is 0.399 e. The molecule has 1 aromatic carbocycles. The van der Waals surface area contributed by atoms with E-state index in [4.69, 9.17) is 5.73 Å². The van der Waals surface area contributed by atoms with Crippen LogP contribution in [0.4, 0.5) is 5.69 Å². The second-order valence-electron chi connectivity index (χ2n) is 4.45. The van der Waals surface area contributed by atoms with Gasteiger partial charge in [0.15, 0.2) is 4.90 Å². The maximum absolute atomic E-state index is 12.1. The summed E-state index contributed by atoms with van der Waals surface area (Å²) in [5.41, 5.74) is 5.06. The number of nitrogens with one attached hydrogen (secondary N) is 3. The summed E-state index contributed by atoms with van der Waals surface area (Å²) in [5.74, 6) is 0. The molecule has 0 aliphatic rings. The predicted molar refractivity (Wildman–Crippen MR) is 77.3 cm³/mol. The topological polar surface area (TPSA) is 138 Å². The van der Waals surface area contributed by atoms with Crippen LogP contribution in [-0.2, 0) is 10.0 Å². The van der Waals surface area contributed by atoms with Gasteiger partial charge in [-0.15, -0.1) is 0 Å². The standard InChI is InChI=1S/C12H14N4O4S/c1-7(8-2-4-9(13)5-3-8)16-21(19,20)10-6-14-12(18)15-11(10)17/h2-7,16H,13H2,1H3,(H2,14,15,17,18). The van der Waals surface area contributed by atoms with Gasteiger partial charge in [0.25, 0.3) is 5.56 Å². The van der Waals surface area contributed by atoms with E-state index in [-0.39, 0.29) is 0 Å². The van der Waals surface area contributed by atoms with Crippen LogP contribution in [0.15, 0.2) is 44.9 Å². The minimum absolute atomic E-state index is 0.551. The molecule has 0 fully saturated rings. The number of H-pyrrole nitrogens is 2. The van der Waals surface area contributed by atoms with E-state index in [0.717, 1.165) is 6.20 Å². The molecule has 9 heteroatoms. The van der Waals surface area contributed by atoms with Gasteiger partial charge >= 0.3 is 5.69 Å². The Morgan fingerprint density at radius 2 is 1.81 bits per heavy atom. The van der Waals surface area contributed by atoms with Gasteiger partial charge in [-0.05, 0) is 24.6 Å². The number of sulfonamides is 1. The first-order valence-electron chi connectivity index (χ1n) is 5.99. The van der Waals surface area contributed by atoms with Crippen LogP contribution < -0.4 is 21.7 Å². The first-order valence-corrected chi connectivity index (χ1v) is 7.48. The minimum Gasteiger partial charge on any atom is -0.399 e. The fourth-order valence-corrected chi connectivity index (χ4v) is 2.98. The fraction of sp³-hybridized carbons (Fsp3) is 0.167. The molecule has 0 aliphatic heterocycles. The smallest absolute Gasteiger partial charge is 0.325 e. The summed E-state index contributed by atoms with van der Waals surface area (Å²) < 4.78 is 26.6. The zero-order chi connectivity index (χ0) is 15.6. The fourth-order valence-electron chi connectivity index (χ4n) is 1.75. The third kappa shape index (κ3) is 3.38. The third-order valence-electron chi connectivity index (χ3n) is 2.84. The number of hydrogen-bond acceptors (Lipinski definition) is 5. The Labute approximate surface area is 120 Å². The molecule has 0 amide bonds. The van der Waals surface area contributed by atoms with Gasteiger partial charge in [0.1, 0.15) is 0 Å². The van der Waals surface area contributed by atoms with Crippen LogP contribution >= 0.6 is 0 Å². The first kappa shape index (κ1) is 15.0. The molecule has 1 heterocycles. The van der Waals surface area contributed by atoms with Gasteiger partial charge < -0.3 is 10.7 Å². The molecule has 21 heavy (non-hydrogen) atoms. The van der Waals surface area contributed by atoms with Crippen molar-refractivity contribution in [2.45, 2.75) is 17.9 Å². The Morgan fingerprint density at radius 3 is 2.38 bits per heavy atom. The number of aromatic amines is 2. The van der Waals surface area contributed by atoms with Gasteiger partial charge in [-0.3, -0.25) is 9.78 Å². The van der Waals surface area contributed by atoms with E-state index in [1.54, 1.807) is 31.2 Å². The molecule has 1 unspecified atom stereocenters. The van der Waals surface area contributed by atoms with Crippen LogP contribution in [0.25, 0.3) is 0 Å². The van der Waals surface area contributed by atoms with Crippen molar-refractivity contribution in [1.82, 2.24) is 14.7 Å². The lowest BCUT2D eigenvalue weighted by atomic mass is 10.1. The van der Waals surface area contributed by atoms with Gasteiger partial charge in [0, 0.05) is 17.9 Å². The summed E-state index contributed by atoms with van der Waals surface area (Å²) in [4.78, 5) is 25.9. The molecular formula is C12H14N4O4S. The number of aromatic nitrogens is 2. The summed E-state index contributed by atoms with van der Waals surface area (Å²) in [6.45, 7) is 1.63. The Bertz CT molecular complexity index is 852. The molecule has 0 spiro atoms. The van der Waals surface area contributed by atoms with Crippen LogP contribution in [0, 0.1) is 0 Å². The number of nitrogens with two attached hydrogens (primary N) is 1. The maximum Gasteiger partial charge on any atom is 0.325 e. The van der Waals surface area contributed by atoms with Crippen LogP contribution in [0.5, 0.6) is 0 Å². The Kier molecular flexibility index (Phi) is 3.96. The van der Waals surface area contributed by atoms with Crippen molar-refractivity contribution in [3.8, 4) is 0 Å². The second-order valence-corrected chi connectivity index (χ2v) is 6.13. The van der Waals surface area contributed by atoms with Crippen molar-refractivity contribution in [3.05, 3.63) is 56.9 Å². The first-order chi connectivity index (χ1) is 9.79. The molecule has 5 N–H and O–H groups in total. The van der Waals surface area contributed by atoms with E-state index in [2.05, 4.69) is 9.71 Å². The second kappa shape index (κ2) is 5.54. The minimum atomic E-state index is -4.06. The molecular weight excluding hydrogens is 296 g/mol. The molecule has 1 aromatic heterocycles. The Morgan fingerprint density at radius 1 is 1.19 bits per heavy atom. The summed E-state index contributed by atoms with van der Waals surface area (Å²) in [6, 6.07) is 6.08. The zero-order valence-electron chi connectivity index (χ0n) is 11.1. The molecule has 0 saturated heterocycles. The molecule has 8 nitrogen and oxygen atoms in total. The lowest BCUT2D eigenvalue weighted by molar-refractivity contribution is 0.564. The lowest BCUT2D eigenvalue weighted by Crippen LogP contribution is -2.34. The highest BCUT2D eigenvalue weighted by atomic mass is 32.2. The SMILES string of the molecule is CC(NS(=O)(=O)c1c[nH]c(=O)[nH]c1=O)c1ccc(N)cc1. The number of anilines is 1. The molecule has 0 radical (unpaired) electrons. The summed E-state index contributed by atoms with van der Waals surface area (Å²) in [6.07, 6.45) is 0.860. The molecule has 0 saturated carbocycles. The number of nitrogen functional groups attached to an aromatic ring is 1. The van der Waals surface area contributed by atoms with Crippen LogP contribution in [0.1, 0.15) is 18.5 Å². The van der Waals surface area contributed by atoms with E-state index < -0.39 is 32.2 Å². The molecule has 1 atom stereocenters. The predicted octanol–water partition coefficient (Wildman–Crippen LogP) is -0.315. The maximum atomic E-state index is 12.1. The third-order valence-corrected chi connectivity index (χ3v) is 4.39. The van der Waals surface area contributed by atoms with E-state index in [9.17, 15) is 18.0 Å². The van der Waals surface area contributed by atoms with Crippen LogP contribution in [0.3, 0.4) is 0 Å². The number of hydrogen-bond donors (Lipinski definition) is 4. The summed E-state index contributed by atoms with van der Waals surface area (Å²) >= 11 is 0. The van der Waals surface area contributed by atoms with Crippen molar-refractivity contribution < 1.29 is 8.42 Å². The lowest BCUT2D eigenvalue weighted by Gasteiger charge is -2.14. The molecule has 2 rings (SSSR count). The van der Waals surface area contributed by atoms with Crippen molar-refractivity contribution in [1.29, 1.82) is 0 Å². The monoisotopic (exact) mass is 310 g/mol.